The summed E-state index contributed by atoms with van der Waals surface area (Å²) in [6.45, 7) is 7.16. The van der Waals surface area contributed by atoms with Crippen molar-refractivity contribution in [3.05, 3.63) is 46.5 Å². The number of anilines is 1. The Morgan fingerprint density at radius 1 is 1.26 bits per heavy atom. The van der Waals surface area contributed by atoms with Gasteiger partial charge in [-0.3, -0.25) is 14.9 Å². The summed E-state index contributed by atoms with van der Waals surface area (Å²) in [5.74, 6) is -0.967. The van der Waals surface area contributed by atoms with Crippen LogP contribution >= 0.6 is 11.6 Å². The quantitative estimate of drug-likeness (QED) is 0.341. The molecule has 4 bridgehead atoms. The Morgan fingerprint density at radius 2 is 2.00 bits per heavy atom. The first-order valence-electron chi connectivity index (χ1n) is 13.9. The number of carbonyl (C=O) groups is 3. The molecule has 2 saturated heterocycles. The number of esters is 1. The van der Waals surface area contributed by atoms with Crippen LogP contribution < -0.4 is 15.4 Å². The second-order valence-electron chi connectivity index (χ2n) is 11.3. The van der Waals surface area contributed by atoms with Gasteiger partial charge in [0, 0.05) is 25.9 Å². The van der Waals surface area contributed by atoms with Gasteiger partial charge in [-0.05, 0) is 38.0 Å². The minimum atomic E-state index is -1.76. The molecule has 7 unspecified atom stereocenters. The SMILES string of the molecule is CCC(=O)OC1CC(=O)Nc2cc(cc(OC)c2Cl)C/C(C)=C/C=C/C(OC)C2(O)CC(OC(=O)N2)C(C)C2OC12C. The van der Waals surface area contributed by atoms with E-state index in [0.29, 0.717) is 17.9 Å². The number of nitrogens with one attached hydrogen (secondary N) is 2. The third kappa shape index (κ3) is 6.75. The fourth-order valence-corrected chi connectivity index (χ4v) is 5.88. The van der Waals surface area contributed by atoms with Crippen molar-refractivity contribution in [1.29, 1.82) is 0 Å². The lowest BCUT2D eigenvalue weighted by molar-refractivity contribution is -0.153. The summed E-state index contributed by atoms with van der Waals surface area (Å²) in [5.41, 5.74) is -0.675. The second-order valence-corrected chi connectivity index (χ2v) is 11.6. The molecule has 0 radical (unpaired) electrons. The predicted octanol–water partition coefficient (Wildman–Crippen LogP) is 4.05. The standard InChI is InChI=1S/C30H39ClN2O9/c1-7-25(35)41-23-14-24(34)32-19-12-18(13-20(38-5)26(19)31)11-16(2)9-8-10-22(39-6)30(37)15-21(40-28(36)33-30)17(3)27-29(23,4)42-27/h8-10,12-13,17,21-23,27,37H,7,11,14-15H2,1-6H3,(H,32,34)(H,33,36)/b10-8+,16-9+. The van der Waals surface area contributed by atoms with Gasteiger partial charge >= 0.3 is 12.1 Å². The molecule has 2 fully saturated rings. The summed E-state index contributed by atoms with van der Waals surface area (Å²) >= 11 is 6.55. The van der Waals surface area contributed by atoms with Crippen molar-refractivity contribution in [1.82, 2.24) is 5.32 Å². The van der Waals surface area contributed by atoms with Crippen LogP contribution in [0.3, 0.4) is 0 Å². The van der Waals surface area contributed by atoms with Gasteiger partial charge in [-0.1, -0.05) is 49.2 Å². The first kappa shape index (κ1) is 31.8. The molecule has 3 N–H and O–H groups in total. The van der Waals surface area contributed by atoms with Crippen molar-refractivity contribution in [3.8, 4) is 5.75 Å². The number of hydrogen-bond donors (Lipinski definition) is 3. The number of carbonyl (C=O) groups excluding carboxylic acids is 3. The zero-order valence-corrected chi connectivity index (χ0v) is 25.4. The molecule has 0 saturated carbocycles. The molecule has 0 aliphatic carbocycles. The summed E-state index contributed by atoms with van der Waals surface area (Å²) in [7, 11) is 2.93. The van der Waals surface area contributed by atoms with Gasteiger partial charge in [-0.2, -0.15) is 0 Å². The molecular formula is C30H39ClN2O9. The minimum absolute atomic E-state index is 0.00538. The van der Waals surface area contributed by atoms with Gasteiger partial charge in [0.1, 0.15) is 34.7 Å². The van der Waals surface area contributed by atoms with Gasteiger partial charge in [0.2, 0.25) is 5.91 Å². The van der Waals surface area contributed by atoms with E-state index in [-0.39, 0.29) is 24.3 Å². The smallest absolute Gasteiger partial charge is 0.409 e. The first-order valence-corrected chi connectivity index (χ1v) is 14.3. The monoisotopic (exact) mass is 606 g/mol. The van der Waals surface area contributed by atoms with Gasteiger partial charge in [0.15, 0.2) is 5.72 Å². The highest BCUT2D eigenvalue weighted by atomic mass is 35.5. The molecule has 230 valence electrons. The number of rotatable bonds is 4. The van der Waals surface area contributed by atoms with Crippen LogP contribution in [0.25, 0.3) is 0 Å². The summed E-state index contributed by atoms with van der Waals surface area (Å²) in [6, 6.07) is 3.55. The molecule has 4 rings (SSSR count). The summed E-state index contributed by atoms with van der Waals surface area (Å²) in [5, 5.41) is 17.1. The maximum absolute atomic E-state index is 13.3. The number of aliphatic hydroxyl groups is 1. The third-order valence-electron chi connectivity index (χ3n) is 8.08. The van der Waals surface area contributed by atoms with Gasteiger partial charge < -0.3 is 34.1 Å². The van der Waals surface area contributed by atoms with Gasteiger partial charge in [0.05, 0.1) is 25.3 Å². The molecule has 2 amide bonds. The minimum Gasteiger partial charge on any atom is -0.495 e. The molecule has 3 aliphatic rings. The van der Waals surface area contributed by atoms with Crippen LogP contribution in [0.4, 0.5) is 10.5 Å². The van der Waals surface area contributed by atoms with E-state index in [1.165, 1.54) is 14.2 Å². The van der Waals surface area contributed by atoms with Crippen molar-refractivity contribution in [2.24, 2.45) is 5.92 Å². The highest BCUT2D eigenvalue weighted by Gasteiger charge is 2.64. The normalized spacial score (nSPS) is 35.3. The van der Waals surface area contributed by atoms with E-state index in [1.54, 1.807) is 38.1 Å². The van der Waals surface area contributed by atoms with Crippen LogP contribution in [-0.4, -0.2) is 73.0 Å². The van der Waals surface area contributed by atoms with Gasteiger partial charge in [-0.15, -0.1) is 0 Å². The average Bonchev–Trinajstić information content (AvgIpc) is 3.63. The Hall–Kier alpha value is -3.12. The summed E-state index contributed by atoms with van der Waals surface area (Å²) in [4.78, 5) is 38.3. The Bertz CT molecular complexity index is 1280. The zero-order chi connectivity index (χ0) is 30.8. The molecule has 0 aromatic heterocycles. The summed E-state index contributed by atoms with van der Waals surface area (Å²) < 4.78 is 28.4. The van der Waals surface area contributed by atoms with Crippen LogP contribution in [0, 0.1) is 5.92 Å². The topological polar surface area (TPSA) is 145 Å². The highest BCUT2D eigenvalue weighted by molar-refractivity contribution is 6.35. The number of epoxide rings is 1. The number of ether oxygens (including phenoxy) is 5. The number of fused-ring (bicyclic) bond motifs is 5. The molecule has 11 nitrogen and oxygen atoms in total. The van der Waals surface area contributed by atoms with Crippen molar-refractivity contribution in [2.75, 3.05) is 19.5 Å². The Balaban J connectivity index is 1.76. The number of amides is 2. The van der Waals surface area contributed by atoms with Crippen LogP contribution in [0.1, 0.15) is 52.5 Å². The lowest BCUT2D eigenvalue weighted by Crippen LogP contribution is -2.63. The molecule has 42 heavy (non-hydrogen) atoms. The predicted molar refractivity (Wildman–Crippen MR) is 154 cm³/mol. The van der Waals surface area contributed by atoms with E-state index in [9.17, 15) is 19.5 Å². The molecular weight excluding hydrogens is 568 g/mol. The third-order valence-corrected chi connectivity index (χ3v) is 8.47. The van der Waals surface area contributed by atoms with Crippen molar-refractivity contribution in [3.63, 3.8) is 0 Å². The van der Waals surface area contributed by atoms with Gasteiger partial charge in [-0.25, -0.2) is 4.79 Å². The maximum atomic E-state index is 13.3. The lowest BCUT2D eigenvalue weighted by atomic mass is 9.83. The molecule has 12 heteroatoms. The van der Waals surface area contributed by atoms with E-state index >= 15 is 0 Å². The van der Waals surface area contributed by atoms with Crippen molar-refractivity contribution < 1.29 is 43.2 Å². The van der Waals surface area contributed by atoms with Crippen LogP contribution in [0.15, 0.2) is 35.9 Å². The fourth-order valence-electron chi connectivity index (χ4n) is 5.65. The molecule has 3 heterocycles. The maximum Gasteiger partial charge on any atom is 0.409 e. The molecule has 3 aliphatic heterocycles. The van der Waals surface area contributed by atoms with Crippen LogP contribution in [0.5, 0.6) is 5.75 Å². The number of benzene rings is 1. The Kier molecular flexibility index (Phi) is 9.56. The molecule has 0 spiro atoms. The largest absolute Gasteiger partial charge is 0.495 e. The first-order chi connectivity index (χ1) is 19.8. The number of allylic oxidation sites excluding steroid dienone is 3. The fraction of sp³-hybridized carbons (Fsp3) is 0.567. The lowest BCUT2D eigenvalue weighted by Gasteiger charge is -2.42. The van der Waals surface area contributed by atoms with Crippen molar-refractivity contribution in [2.45, 2.75) is 89.1 Å². The Morgan fingerprint density at radius 3 is 2.67 bits per heavy atom. The number of hydrogen-bond acceptors (Lipinski definition) is 9. The van der Waals surface area contributed by atoms with E-state index < -0.39 is 59.6 Å². The Labute approximate surface area is 250 Å². The summed E-state index contributed by atoms with van der Waals surface area (Å²) in [6.07, 6.45) is 1.74. The molecule has 1 aromatic carbocycles. The highest BCUT2D eigenvalue weighted by Crippen LogP contribution is 2.49. The van der Waals surface area contributed by atoms with E-state index in [4.69, 9.17) is 35.3 Å². The number of alkyl carbamates (subject to hydrolysis) is 1. The van der Waals surface area contributed by atoms with Gasteiger partial charge in [0.25, 0.3) is 0 Å². The van der Waals surface area contributed by atoms with Crippen molar-refractivity contribution >= 4 is 35.3 Å². The molecule has 1 aromatic rings. The number of methoxy groups -OCH3 is 2. The molecule has 7 atom stereocenters. The van der Waals surface area contributed by atoms with E-state index in [2.05, 4.69) is 10.6 Å². The van der Waals surface area contributed by atoms with E-state index in [0.717, 1.165) is 11.1 Å². The second kappa shape index (κ2) is 12.6. The zero-order valence-electron chi connectivity index (χ0n) is 24.7. The average molecular weight is 607 g/mol. The van der Waals surface area contributed by atoms with Crippen LogP contribution in [-0.2, 0) is 35.0 Å². The number of halogens is 1. The van der Waals surface area contributed by atoms with E-state index in [1.807, 2.05) is 19.9 Å². The van der Waals surface area contributed by atoms with Crippen LogP contribution in [0.2, 0.25) is 5.02 Å².